The molecule has 2 aromatic heterocycles. The van der Waals surface area contributed by atoms with Gasteiger partial charge < -0.3 is 18.8 Å². The molecule has 2 aliphatic heterocycles. The van der Waals surface area contributed by atoms with Gasteiger partial charge in [0.05, 0.1) is 23.2 Å². The van der Waals surface area contributed by atoms with Gasteiger partial charge in [0.15, 0.2) is 5.58 Å². The Balaban J connectivity index is 1.41. The van der Waals surface area contributed by atoms with Crippen molar-refractivity contribution in [1.82, 2.24) is 4.57 Å². The number of aromatic nitrogens is 1. The van der Waals surface area contributed by atoms with Crippen LogP contribution < -0.4 is 26.2 Å². The smallest absolute Gasteiger partial charge is 0.252 e. The molecule has 0 aliphatic carbocycles. The predicted octanol–water partition coefficient (Wildman–Crippen LogP) is 9.17. The van der Waals surface area contributed by atoms with Crippen molar-refractivity contribution in [3.05, 3.63) is 138 Å². The standard InChI is InChI=1S/C42H31BFN3O/c1-4-27-39-29(28-13-6-9-16-34(28)45(39)3)24-31-40(27)47(35-17-10-7-14-32(35)44)37-19-11-18-36-38(37)43(31)30-21-20-26-22-23-48-42(26)41(30)46(36)33-15-8-5-12-25(33)2/h5-24H,4H2,1-3H3. The van der Waals surface area contributed by atoms with E-state index in [1.165, 1.54) is 38.3 Å². The monoisotopic (exact) mass is 623 g/mol. The minimum Gasteiger partial charge on any atom is -0.462 e. The fraction of sp³-hybridized carbons (Fsp3) is 0.0952. The van der Waals surface area contributed by atoms with Gasteiger partial charge in [-0.15, -0.1) is 0 Å². The zero-order valence-electron chi connectivity index (χ0n) is 27.0. The maximum absolute atomic E-state index is 16.2. The summed E-state index contributed by atoms with van der Waals surface area (Å²) < 4.78 is 24.8. The van der Waals surface area contributed by atoms with E-state index in [0.717, 1.165) is 56.9 Å². The van der Waals surface area contributed by atoms with E-state index < -0.39 is 0 Å². The molecule has 0 unspecified atom stereocenters. The summed E-state index contributed by atoms with van der Waals surface area (Å²) in [6.45, 7) is 4.27. The second-order valence-electron chi connectivity index (χ2n) is 13.0. The van der Waals surface area contributed by atoms with Crippen LogP contribution in [0.25, 0.3) is 32.8 Å². The number of hydrogen-bond acceptors (Lipinski definition) is 3. The normalized spacial score (nSPS) is 13.4. The van der Waals surface area contributed by atoms with Crippen molar-refractivity contribution in [3.63, 3.8) is 0 Å². The fourth-order valence-electron chi connectivity index (χ4n) is 8.65. The van der Waals surface area contributed by atoms with Crippen LogP contribution in [0.5, 0.6) is 0 Å². The highest BCUT2D eigenvalue weighted by atomic mass is 19.1. The topological polar surface area (TPSA) is 24.6 Å². The molecule has 2 aliphatic rings. The average Bonchev–Trinajstić information content (AvgIpc) is 3.71. The molecule has 0 radical (unpaired) electrons. The van der Waals surface area contributed by atoms with Crippen molar-refractivity contribution in [2.75, 3.05) is 9.80 Å². The lowest BCUT2D eigenvalue weighted by Gasteiger charge is -2.45. The van der Waals surface area contributed by atoms with Gasteiger partial charge in [0.25, 0.3) is 6.71 Å². The van der Waals surface area contributed by atoms with Gasteiger partial charge in [-0.05, 0) is 83.3 Å². The molecule has 0 bridgehead atoms. The third-order valence-corrected chi connectivity index (χ3v) is 10.6. The molecule has 0 saturated heterocycles. The highest BCUT2D eigenvalue weighted by Gasteiger charge is 2.46. The second kappa shape index (κ2) is 9.88. The van der Waals surface area contributed by atoms with E-state index in [2.05, 4.69) is 120 Å². The number of para-hydroxylation sites is 3. The maximum atomic E-state index is 16.2. The first-order chi connectivity index (χ1) is 23.6. The molecule has 0 fully saturated rings. The Labute approximate surface area is 278 Å². The third kappa shape index (κ3) is 3.44. The van der Waals surface area contributed by atoms with E-state index in [4.69, 9.17) is 4.42 Å². The zero-order chi connectivity index (χ0) is 32.3. The number of anilines is 6. The van der Waals surface area contributed by atoms with Crippen LogP contribution in [0, 0.1) is 12.7 Å². The molecule has 0 spiro atoms. The van der Waals surface area contributed by atoms with E-state index >= 15 is 4.39 Å². The van der Waals surface area contributed by atoms with Crippen LogP contribution in [0.15, 0.2) is 126 Å². The molecule has 0 atom stereocenters. The van der Waals surface area contributed by atoms with Gasteiger partial charge >= 0.3 is 0 Å². The molecule has 4 heterocycles. The van der Waals surface area contributed by atoms with E-state index in [9.17, 15) is 0 Å². The average molecular weight is 624 g/mol. The number of rotatable bonds is 3. The second-order valence-corrected chi connectivity index (χ2v) is 13.0. The summed E-state index contributed by atoms with van der Waals surface area (Å²) in [6, 6.07) is 39.7. The third-order valence-electron chi connectivity index (χ3n) is 10.6. The molecule has 0 N–H and O–H groups in total. The van der Waals surface area contributed by atoms with E-state index in [1.54, 1.807) is 18.4 Å². The molecule has 4 nitrogen and oxygen atoms in total. The lowest BCUT2D eigenvalue weighted by molar-refractivity contribution is 0.616. The van der Waals surface area contributed by atoms with Gasteiger partial charge in [-0.1, -0.05) is 79.7 Å². The first-order valence-corrected chi connectivity index (χ1v) is 16.6. The van der Waals surface area contributed by atoms with Gasteiger partial charge in [-0.2, -0.15) is 0 Å². The first-order valence-electron chi connectivity index (χ1n) is 16.6. The van der Waals surface area contributed by atoms with Gasteiger partial charge in [-0.3, -0.25) is 0 Å². The van der Waals surface area contributed by atoms with Crippen molar-refractivity contribution >= 4 is 90.0 Å². The summed E-state index contributed by atoms with van der Waals surface area (Å²) in [5.74, 6) is -0.247. The van der Waals surface area contributed by atoms with Crippen molar-refractivity contribution in [2.24, 2.45) is 7.05 Å². The minimum atomic E-state index is -0.247. The quantitative estimate of drug-likeness (QED) is 0.184. The lowest BCUT2D eigenvalue weighted by atomic mass is 9.33. The lowest BCUT2D eigenvalue weighted by Crippen LogP contribution is -2.61. The molecule has 10 rings (SSSR count). The van der Waals surface area contributed by atoms with E-state index in [0.29, 0.717) is 5.69 Å². The van der Waals surface area contributed by atoms with Crippen molar-refractivity contribution in [1.29, 1.82) is 0 Å². The molecule has 0 amide bonds. The summed E-state index contributed by atoms with van der Waals surface area (Å²) >= 11 is 0. The Morgan fingerprint density at radius 1 is 0.688 bits per heavy atom. The number of aryl methyl sites for hydroxylation is 3. The number of nitrogens with zero attached hydrogens (tertiary/aromatic N) is 3. The highest BCUT2D eigenvalue weighted by Crippen LogP contribution is 2.49. The first kappa shape index (κ1) is 27.4. The predicted molar refractivity (Wildman–Crippen MR) is 198 cm³/mol. The van der Waals surface area contributed by atoms with Gasteiger partial charge in [0.1, 0.15) is 5.82 Å². The van der Waals surface area contributed by atoms with Crippen LogP contribution in [0.1, 0.15) is 18.1 Å². The summed E-state index contributed by atoms with van der Waals surface area (Å²) in [5.41, 5.74) is 15.0. The number of benzene rings is 6. The van der Waals surface area contributed by atoms with Gasteiger partial charge in [-0.25, -0.2) is 4.39 Å². The molecule has 48 heavy (non-hydrogen) atoms. The molecule has 230 valence electrons. The molecular weight excluding hydrogens is 592 g/mol. The van der Waals surface area contributed by atoms with E-state index in [-0.39, 0.29) is 12.5 Å². The van der Waals surface area contributed by atoms with Crippen molar-refractivity contribution in [2.45, 2.75) is 20.3 Å². The minimum absolute atomic E-state index is 0.104. The maximum Gasteiger partial charge on any atom is 0.252 e. The Morgan fingerprint density at radius 2 is 1.40 bits per heavy atom. The van der Waals surface area contributed by atoms with Crippen LogP contribution in [0.3, 0.4) is 0 Å². The van der Waals surface area contributed by atoms with Crippen LogP contribution in [-0.2, 0) is 13.5 Å². The summed E-state index contributed by atoms with van der Waals surface area (Å²) in [5, 5.41) is 3.51. The molecule has 8 aromatic rings. The highest BCUT2D eigenvalue weighted by molar-refractivity contribution is 7.00. The molecule has 0 saturated carbocycles. The van der Waals surface area contributed by atoms with Crippen LogP contribution >= 0.6 is 0 Å². The van der Waals surface area contributed by atoms with Crippen molar-refractivity contribution < 1.29 is 8.81 Å². The van der Waals surface area contributed by atoms with Gasteiger partial charge in [0.2, 0.25) is 0 Å². The van der Waals surface area contributed by atoms with Crippen molar-refractivity contribution in [3.8, 4) is 0 Å². The number of hydrogen-bond donors (Lipinski definition) is 0. The van der Waals surface area contributed by atoms with Crippen LogP contribution in [0.4, 0.5) is 38.5 Å². The summed E-state index contributed by atoms with van der Waals surface area (Å²) in [4.78, 5) is 4.57. The number of furan rings is 1. The van der Waals surface area contributed by atoms with E-state index in [1.807, 2.05) is 18.2 Å². The van der Waals surface area contributed by atoms with Crippen LogP contribution in [-0.4, -0.2) is 11.3 Å². The Morgan fingerprint density at radius 3 is 2.19 bits per heavy atom. The zero-order valence-corrected chi connectivity index (χ0v) is 27.0. The fourth-order valence-corrected chi connectivity index (χ4v) is 8.65. The Kier molecular flexibility index (Phi) is 5.64. The largest absolute Gasteiger partial charge is 0.462 e. The number of halogens is 1. The molecule has 6 heteroatoms. The summed E-state index contributed by atoms with van der Waals surface area (Å²) in [7, 11) is 2.15. The Hall–Kier alpha value is -5.75. The molecular formula is C42H31BFN3O. The summed E-state index contributed by atoms with van der Waals surface area (Å²) in [6.07, 6.45) is 2.58. The van der Waals surface area contributed by atoms with Crippen LogP contribution in [0.2, 0.25) is 0 Å². The Bertz CT molecular complexity index is 2640. The number of fused-ring (bicyclic) bond motifs is 9. The van der Waals surface area contributed by atoms with Gasteiger partial charge in [0, 0.05) is 51.5 Å². The molecule has 6 aromatic carbocycles. The SMILES string of the molecule is CCc1c2c(cc3c4ccccc4n(C)c13)B1c3ccc4ccoc4c3N(c3ccccc3C)c3cccc(c31)N2c1ccccc1F.